The van der Waals surface area contributed by atoms with E-state index in [1.807, 2.05) is 18.3 Å². The second kappa shape index (κ2) is 9.44. The van der Waals surface area contributed by atoms with Crippen LogP contribution in [0.1, 0.15) is 43.6 Å². The highest BCUT2D eigenvalue weighted by Gasteiger charge is 2.30. The van der Waals surface area contributed by atoms with Crippen LogP contribution in [-0.4, -0.2) is 59.1 Å². The number of ether oxygens (including phenoxy) is 1. The molecular formula is C24H28ClN7O3. The van der Waals surface area contributed by atoms with Gasteiger partial charge in [-0.3, -0.25) is 4.57 Å². The molecule has 3 N–H and O–H groups in total. The smallest absolute Gasteiger partial charge is 0.349 e. The van der Waals surface area contributed by atoms with Crippen molar-refractivity contribution in [3.8, 4) is 0 Å². The number of fused-ring (bicyclic) bond motifs is 3. The Morgan fingerprint density at radius 3 is 2.94 bits per heavy atom. The van der Waals surface area contributed by atoms with E-state index in [1.54, 1.807) is 23.9 Å². The number of hydrazine groups is 1. The highest BCUT2D eigenvalue weighted by molar-refractivity contribution is 6.33. The van der Waals surface area contributed by atoms with Gasteiger partial charge >= 0.3 is 5.69 Å². The molecule has 0 unspecified atom stereocenters. The lowest BCUT2D eigenvalue weighted by atomic mass is 10.0. The molecule has 0 aliphatic carbocycles. The van der Waals surface area contributed by atoms with E-state index in [1.165, 1.54) is 0 Å². The fraction of sp³-hybridized carbons (Fsp3) is 0.417. The average molecular weight is 498 g/mol. The molecule has 0 spiro atoms. The Hall–Kier alpha value is -3.21. The Morgan fingerprint density at radius 2 is 2.26 bits per heavy atom. The minimum absolute atomic E-state index is 0.0677. The van der Waals surface area contributed by atoms with Gasteiger partial charge < -0.3 is 24.9 Å². The van der Waals surface area contributed by atoms with Crippen LogP contribution in [0.25, 0.3) is 33.3 Å². The summed E-state index contributed by atoms with van der Waals surface area (Å²) in [6, 6.07) is 1.63. The predicted octanol–water partition coefficient (Wildman–Crippen LogP) is 3.32. The van der Waals surface area contributed by atoms with Gasteiger partial charge in [0.25, 0.3) is 0 Å². The van der Waals surface area contributed by atoms with Crippen LogP contribution < -0.4 is 16.4 Å². The van der Waals surface area contributed by atoms with Crippen LogP contribution in [0.2, 0.25) is 5.02 Å². The highest BCUT2D eigenvalue weighted by Crippen LogP contribution is 2.37. The molecule has 0 bridgehead atoms. The molecule has 1 fully saturated rings. The quantitative estimate of drug-likeness (QED) is 0.443. The van der Waals surface area contributed by atoms with E-state index in [0.717, 1.165) is 18.2 Å². The average Bonchev–Trinajstić information content (AvgIpc) is 3.44. The first-order valence-corrected chi connectivity index (χ1v) is 12.1. The first kappa shape index (κ1) is 23.5. The fourth-order valence-electron chi connectivity index (χ4n) is 4.82. The normalized spacial score (nSPS) is 21.1. The van der Waals surface area contributed by atoms with Crippen LogP contribution >= 0.6 is 11.6 Å². The molecule has 5 rings (SSSR count). The summed E-state index contributed by atoms with van der Waals surface area (Å²) in [4.78, 5) is 22.8. The summed E-state index contributed by atoms with van der Waals surface area (Å²) in [5, 5.41) is 13.1. The Labute approximate surface area is 207 Å². The van der Waals surface area contributed by atoms with Crippen molar-refractivity contribution in [1.29, 1.82) is 5.41 Å². The Kier molecular flexibility index (Phi) is 6.35. The summed E-state index contributed by atoms with van der Waals surface area (Å²) in [7, 11) is 3.63. The molecule has 3 aromatic heterocycles. The number of hydrogen-bond acceptors (Lipinski definition) is 9. The molecule has 2 aliphatic heterocycles. The molecular weight excluding hydrogens is 470 g/mol. The summed E-state index contributed by atoms with van der Waals surface area (Å²) in [6.45, 7) is 3.23. The van der Waals surface area contributed by atoms with Gasteiger partial charge in [0.2, 0.25) is 0 Å². The van der Waals surface area contributed by atoms with Crippen molar-refractivity contribution < 1.29 is 9.15 Å². The number of hydrogen-bond donors (Lipinski definition) is 3. The predicted molar refractivity (Wildman–Crippen MR) is 136 cm³/mol. The number of rotatable bonds is 6. The summed E-state index contributed by atoms with van der Waals surface area (Å²) in [5.74, 6) is 0. The number of halogens is 1. The van der Waals surface area contributed by atoms with Crippen molar-refractivity contribution in [3.63, 3.8) is 0 Å². The summed E-state index contributed by atoms with van der Waals surface area (Å²) >= 11 is 6.63. The monoisotopic (exact) mass is 497 g/mol. The second-order valence-electron chi connectivity index (χ2n) is 8.77. The number of aromatic nitrogens is 3. The zero-order chi connectivity index (χ0) is 24.7. The minimum atomic E-state index is -0.402. The molecule has 1 saturated heterocycles. The second-order valence-corrected chi connectivity index (χ2v) is 9.18. The van der Waals surface area contributed by atoms with E-state index in [-0.39, 0.29) is 12.1 Å². The highest BCUT2D eigenvalue weighted by atomic mass is 35.5. The van der Waals surface area contributed by atoms with Crippen LogP contribution in [-0.2, 0) is 4.74 Å². The van der Waals surface area contributed by atoms with Crippen LogP contribution in [0, 0.1) is 5.41 Å². The lowest BCUT2D eigenvalue weighted by Gasteiger charge is -2.30. The van der Waals surface area contributed by atoms with E-state index < -0.39 is 5.69 Å². The zero-order valence-corrected chi connectivity index (χ0v) is 20.6. The maximum Gasteiger partial charge on any atom is 0.349 e. The molecule has 0 amide bonds. The van der Waals surface area contributed by atoms with Gasteiger partial charge in [0.1, 0.15) is 16.7 Å². The van der Waals surface area contributed by atoms with E-state index in [0.29, 0.717) is 70.2 Å². The molecule has 10 nitrogen and oxygen atoms in total. The SMILES string of the molecule is CC[C@H]1C[C@@H](n2c(=O)nc(/C(C=N)=C/NC)c3oc4cc(Cl)c(C5=CN(C)NC5)nc4c32)CCO1. The van der Waals surface area contributed by atoms with Crippen molar-refractivity contribution >= 4 is 51.2 Å². The van der Waals surface area contributed by atoms with Gasteiger partial charge in [0.05, 0.1) is 16.8 Å². The van der Waals surface area contributed by atoms with Crippen molar-refractivity contribution in [2.24, 2.45) is 0 Å². The van der Waals surface area contributed by atoms with Crippen LogP contribution in [0.5, 0.6) is 0 Å². The molecule has 5 heterocycles. The lowest BCUT2D eigenvalue weighted by Crippen LogP contribution is -2.34. The standard InChI is InChI=1S/C24H28ClN7O3/c1-4-16-7-15(5-6-34-16)32-22-21-18(8-17(25)19(29-21)14-11-28-31(3)12-14)35-23(22)20(30-24(32)33)13(9-26)10-27-2/h8-10,12,15-16,26-28H,4-7,11H2,1-3H3/b13-10+,26-9?/t15-,16-/m0/s1. The van der Waals surface area contributed by atoms with Gasteiger partial charge in [-0.05, 0) is 19.3 Å². The Morgan fingerprint density at radius 1 is 1.43 bits per heavy atom. The molecule has 3 aromatic rings. The van der Waals surface area contributed by atoms with Crippen LogP contribution in [0.3, 0.4) is 0 Å². The molecule has 0 radical (unpaired) electrons. The van der Waals surface area contributed by atoms with E-state index in [4.69, 9.17) is 31.1 Å². The number of pyridine rings is 1. The largest absolute Gasteiger partial charge is 0.450 e. The van der Waals surface area contributed by atoms with Crippen molar-refractivity contribution in [2.45, 2.75) is 38.3 Å². The molecule has 184 valence electrons. The maximum absolute atomic E-state index is 13.5. The van der Waals surface area contributed by atoms with E-state index >= 15 is 0 Å². The molecule has 0 aromatic carbocycles. The summed E-state index contributed by atoms with van der Waals surface area (Å²) in [5.41, 5.74) is 7.07. The minimum Gasteiger partial charge on any atom is -0.450 e. The van der Waals surface area contributed by atoms with Crippen LogP contribution in [0.4, 0.5) is 0 Å². The van der Waals surface area contributed by atoms with Crippen molar-refractivity contribution in [2.75, 3.05) is 27.2 Å². The maximum atomic E-state index is 13.5. The van der Waals surface area contributed by atoms with Gasteiger partial charge in [-0.25, -0.2) is 15.2 Å². The number of nitrogens with zero attached hydrogens (tertiary/aromatic N) is 4. The molecule has 2 aliphatic rings. The zero-order valence-electron chi connectivity index (χ0n) is 19.9. The summed E-state index contributed by atoms with van der Waals surface area (Å²) in [6.07, 6.45) is 7.01. The van der Waals surface area contributed by atoms with Gasteiger partial charge in [-0.2, -0.15) is 4.98 Å². The third-order valence-electron chi connectivity index (χ3n) is 6.52. The van der Waals surface area contributed by atoms with Gasteiger partial charge in [-0.1, -0.05) is 18.5 Å². The van der Waals surface area contributed by atoms with E-state index in [2.05, 4.69) is 22.7 Å². The van der Waals surface area contributed by atoms with E-state index in [9.17, 15) is 4.79 Å². The first-order chi connectivity index (χ1) is 16.9. The number of furan rings is 1. The lowest BCUT2D eigenvalue weighted by molar-refractivity contribution is -0.00711. The first-order valence-electron chi connectivity index (χ1n) is 11.7. The molecule has 0 saturated carbocycles. The third kappa shape index (κ3) is 4.11. The van der Waals surface area contributed by atoms with Gasteiger partial charge in [0, 0.05) is 69.1 Å². The van der Waals surface area contributed by atoms with Gasteiger partial charge in [0.15, 0.2) is 11.2 Å². The molecule has 35 heavy (non-hydrogen) atoms. The van der Waals surface area contributed by atoms with Crippen molar-refractivity contribution in [1.82, 2.24) is 30.3 Å². The van der Waals surface area contributed by atoms with Crippen LogP contribution in [0.15, 0.2) is 27.7 Å². The molecule has 11 heteroatoms. The number of nitrogens with one attached hydrogen (secondary N) is 3. The summed E-state index contributed by atoms with van der Waals surface area (Å²) < 4.78 is 13.8. The Balaban J connectivity index is 1.83. The van der Waals surface area contributed by atoms with Crippen molar-refractivity contribution in [3.05, 3.63) is 45.4 Å². The third-order valence-corrected chi connectivity index (χ3v) is 6.81. The fourth-order valence-corrected chi connectivity index (χ4v) is 5.08. The Bertz CT molecular complexity index is 1420. The van der Waals surface area contributed by atoms with Gasteiger partial charge in [-0.15, -0.1) is 0 Å². The topological polar surface area (TPSA) is 121 Å². The molecule has 2 atom stereocenters. The number of allylic oxidation sites excluding steroid dienone is 1.